The molecule has 0 atom stereocenters. The lowest BCUT2D eigenvalue weighted by Gasteiger charge is -2.21. The molecule has 1 amide bonds. The number of aliphatic hydroxyl groups excluding tert-OH is 1. The molecule has 0 spiro atoms. The number of phenolic OH excluding ortho intramolecular Hbond substituents is 1. The van der Waals surface area contributed by atoms with Crippen LogP contribution in [0.2, 0.25) is 0 Å². The van der Waals surface area contributed by atoms with Gasteiger partial charge in [0.15, 0.2) is 0 Å². The summed E-state index contributed by atoms with van der Waals surface area (Å²) < 4.78 is 27.0. The van der Waals surface area contributed by atoms with Crippen LogP contribution >= 0.6 is 0 Å². The predicted molar refractivity (Wildman–Crippen MR) is 95.9 cm³/mol. The largest absolute Gasteiger partial charge is 0.507 e. The van der Waals surface area contributed by atoms with Crippen molar-refractivity contribution < 1.29 is 23.8 Å². The maximum Gasteiger partial charge on any atom is 0.255 e. The molecule has 26 heavy (non-hydrogen) atoms. The molecular weight excluding hydrogens is 340 g/mol. The fourth-order valence-electron chi connectivity index (χ4n) is 2.55. The van der Waals surface area contributed by atoms with E-state index in [4.69, 9.17) is 0 Å². The molecule has 0 aromatic heterocycles. The fourth-order valence-corrected chi connectivity index (χ4v) is 2.55. The van der Waals surface area contributed by atoms with Crippen molar-refractivity contribution in [2.45, 2.75) is 26.7 Å². The zero-order valence-corrected chi connectivity index (χ0v) is 14.9. The van der Waals surface area contributed by atoms with E-state index in [-0.39, 0.29) is 28.9 Å². The Kier molecular flexibility index (Phi) is 6.32. The van der Waals surface area contributed by atoms with Gasteiger partial charge < -0.3 is 15.5 Å². The minimum atomic E-state index is -0.742. The van der Waals surface area contributed by atoms with Crippen molar-refractivity contribution in [3.63, 3.8) is 0 Å². The van der Waals surface area contributed by atoms with Crippen LogP contribution < -0.4 is 5.32 Å². The van der Waals surface area contributed by atoms with Gasteiger partial charge in [0.25, 0.3) is 5.91 Å². The molecule has 0 saturated heterocycles. The number of hydrogen-bond acceptors (Lipinski definition) is 3. The minimum absolute atomic E-state index is 0.0210. The van der Waals surface area contributed by atoms with Gasteiger partial charge in [0, 0.05) is 24.8 Å². The summed E-state index contributed by atoms with van der Waals surface area (Å²) in [6.07, 6.45) is 1.41. The van der Waals surface area contributed by atoms with Gasteiger partial charge in [0.1, 0.15) is 17.4 Å². The molecule has 0 aliphatic rings. The third-order valence-corrected chi connectivity index (χ3v) is 4.23. The Labute approximate surface area is 151 Å². The van der Waals surface area contributed by atoms with Gasteiger partial charge in [-0.15, -0.1) is 0 Å². The summed E-state index contributed by atoms with van der Waals surface area (Å²) >= 11 is 0. The first-order chi connectivity index (χ1) is 12.2. The topological polar surface area (TPSA) is 69.6 Å². The standard InChI is InChI=1S/C20H23F2NO3/c1-20(2,12-24)8-3-9-23-19(26)16-10-13(4-7-18(16)25)15-6-5-14(21)11-17(15)22/h4-7,10-11,24-25H,3,8-9,12H2,1-2H3,(H,23,26). The highest BCUT2D eigenvalue weighted by Gasteiger charge is 2.17. The van der Waals surface area contributed by atoms with Crippen LogP contribution in [0, 0.1) is 17.0 Å². The molecule has 0 heterocycles. The number of benzene rings is 2. The summed E-state index contributed by atoms with van der Waals surface area (Å²) in [6, 6.07) is 7.33. The fraction of sp³-hybridized carbons (Fsp3) is 0.350. The normalized spacial score (nSPS) is 11.4. The van der Waals surface area contributed by atoms with Crippen LogP contribution in [0.3, 0.4) is 0 Å². The number of phenols is 1. The highest BCUT2D eigenvalue weighted by atomic mass is 19.1. The number of aromatic hydroxyl groups is 1. The molecule has 4 nitrogen and oxygen atoms in total. The first-order valence-electron chi connectivity index (χ1n) is 8.41. The maximum absolute atomic E-state index is 13.9. The second-order valence-corrected chi connectivity index (χ2v) is 7.04. The zero-order chi connectivity index (χ0) is 19.3. The Morgan fingerprint density at radius 2 is 1.88 bits per heavy atom. The number of halogens is 2. The van der Waals surface area contributed by atoms with E-state index in [9.17, 15) is 23.8 Å². The van der Waals surface area contributed by atoms with Gasteiger partial charge in [-0.05, 0) is 48.1 Å². The van der Waals surface area contributed by atoms with Gasteiger partial charge >= 0.3 is 0 Å². The highest BCUT2D eigenvalue weighted by molar-refractivity contribution is 5.98. The number of hydrogen-bond donors (Lipinski definition) is 3. The predicted octanol–water partition coefficient (Wildman–Crippen LogP) is 3.87. The van der Waals surface area contributed by atoms with Crippen molar-refractivity contribution in [1.82, 2.24) is 5.32 Å². The quantitative estimate of drug-likeness (QED) is 0.654. The second kappa shape index (κ2) is 8.27. The summed E-state index contributed by atoms with van der Waals surface area (Å²) in [5.74, 6) is -2.12. The van der Waals surface area contributed by atoms with Crippen LogP contribution in [-0.4, -0.2) is 29.3 Å². The Hall–Kier alpha value is -2.47. The molecule has 0 unspecified atom stereocenters. The van der Waals surface area contributed by atoms with Gasteiger partial charge in [-0.3, -0.25) is 4.79 Å². The van der Waals surface area contributed by atoms with Crippen molar-refractivity contribution in [3.05, 3.63) is 53.6 Å². The number of rotatable bonds is 7. The lowest BCUT2D eigenvalue weighted by atomic mass is 9.89. The summed E-state index contributed by atoms with van der Waals surface area (Å²) in [6.45, 7) is 4.31. The highest BCUT2D eigenvalue weighted by Crippen LogP contribution is 2.28. The summed E-state index contributed by atoms with van der Waals surface area (Å²) in [5, 5.41) is 21.9. The van der Waals surface area contributed by atoms with Gasteiger partial charge in [0.05, 0.1) is 5.56 Å². The molecule has 140 valence electrons. The summed E-state index contributed by atoms with van der Waals surface area (Å²) in [5.41, 5.74) is 0.317. The monoisotopic (exact) mass is 363 g/mol. The van der Waals surface area contributed by atoms with Crippen LogP contribution in [0.1, 0.15) is 37.0 Å². The van der Waals surface area contributed by atoms with Gasteiger partial charge in [0.2, 0.25) is 0 Å². The number of aliphatic hydroxyl groups is 1. The van der Waals surface area contributed by atoms with E-state index in [2.05, 4.69) is 5.32 Å². The number of carbonyl (C=O) groups is 1. The average Bonchev–Trinajstić information content (AvgIpc) is 2.59. The van der Waals surface area contributed by atoms with Gasteiger partial charge in [-0.1, -0.05) is 19.9 Å². The molecule has 3 N–H and O–H groups in total. The Balaban J connectivity index is 2.10. The molecule has 2 aromatic carbocycles. The molecule has 2 aromatic rings. The number of amides is 1. The van der Waals surface area contributed by atoms with Gasteiger partial charge in [-0.2, -0.15) is 0 Å². The Bertz CT molecular complexity index is 791. The molecule has 0 aliphatic heterocycles. The first-order valence-corrected chi connectivity index (χ1v) is 8.41. The zero-order valence-electron chi connectivity index (χ0n) is 14.9. The lowest BCUT2D eigenvalue weighted by Crippen LogP contribution is -2.26. The van der Waals surface area contributed by atoms with Crippen LogP contribution in [0.15, 0.2) is 36.4 Å². The van der Waals surface area contributed by atoms with Crippen LogP contribution in [0.4, 0.5) is 8.78 Å². The molecule has 0 bridgehead atoms. The number of nitrogens with one attached hydrogen (secondary N) is 1. The molecule has 6 heteroatoms. The van der Waals surface area contributed by atoms with Gasteiger partial charge in [-0.25, -0.2) is 8.78 Å². The van der Waals surface area contributed by atoms with Crippen molar-refractivity contribution in [1.29, 1.82) is 0 Å². The van der Waals surface area contributed by atoms with E-state index in [0.717, 1.165) is 18.6 Å². The van der Waals surface area contributed by atoms with E-state index in [0.29, 0.717) is 18.5 Å². The third kappa shape index (κ3) is 5.02. The second-order valence-electron chi connectivity index (χ2n) is 7.04. The summed E-state index contributed by atoms with van der Waals surface area (Å²) in [4.78, 5) is 12.3. The van der Waals surface area contributed by atoms with E-state index in [1.54, 1.807) is 0 Å². The molecule has 0 aliphatic carbocycles. The molecule has 0 fully saturated rings. The van der Waals surface area contributed by atoms with Crippen LogP contribution in [0.25, 0.3) is 11.1 Å². The van der Waals surface area contributed by atoms with Crippen molar-refractivity contribution in [3.8, 4) is 16.9 Å². The van der Waals surface area contributed by atoms with E-state index < -0.39 is 17.5 Å². The Morgan fingerprint density at radius 3 is 2.54 bits per heavy atom. The van der Waals surface area contributed by atoms with E-state index >= 15 is 0 Å². The smallest absolute Gasteiger partial charge is 0.255 e. The molecular formula is C20H23F2NO3. The summed E-state index contributed by atoms with van der Waals surface area (Å²) in [7, 11) is 0. The first kappa shape index (κ1) is 19.8. The van der Waals surface area contributed by atoms with E-state index in [1.165, 1.54) is 24.3 Å². The van der Waals surface area contributed by atoms with Crippen LogP contribution in [-0.2, 0) is 0 Å². The SMILES string of the molecule is CC(C)(CO)CCCNC(=O)c1cc(-c2ccc(F)cc2F)ccc1O. The number of carbonyl (C=O) groups excluding carboxylic acids is 1. The van der Waals surface area contributed by atoms with E-state index in [1.807, 2.05) is 13.8 Å². The Morgan fingerprint density at radius 1 is 1.15 bits per heavy atom. The average molecular weight is 363 g/mol. The van der Waals surface area contributed by atoms with Crippen LogP contribution in [0.5, 0.6) is 5.75 Å². The molecule has 0 saturated carbocycles. The van der Waals surface area contributed by atoms with Crippen molar-refractivity contribution >= 4 is 5.91 Å². The lowest BCUT2D eigenvalue weighted by molar-refractivity contribution is 0.0946. The maximum atomic E-state index is 13.9. The molecule has 0 radical (unpaired) electrons. The minimum Gasteiger partial charge on any atom is -0.507 e. The third-order valence-electron chi connectivity index (χ3n) is 4.23. The molecule has 2 rings (SSSR count). The van der Waals surface area contributed by atoms with Crippen molar-refractivity contribution in [2.75, 3.05) is 13.2 Å². The van der Waals surface area contributed by atoms with Crippen molar-refractivity contribution in [2.24, 2.45) is 5.41 Å².